The minimum Gasteiger partial charge on any atom is -0.480 e. The molecule has 114 valence electrons. The Balaban J connectivity index is 1.88. The van der Waals surface area contributed by atoms with Gasteiger partial charge in [0.1, 0.15) is 10.4 Å². The van der Waals surface area contributed by atoms with E-state index < -0.39 is 12.0 Å². The van der Waals surface area contributed by atoms with Crippen molar-refractivity contribution in [2.24, 2.45) is 0 Å². The average molecular weight is 331 g/mol. The molecule has 0 aliphatic carbocycles. The molecule has 0 aliphatic rings. The summed E-state index contributed by atoms with van der Waals surface area (Å²) >= 11 is 6.70. The van der Waals surface area contributed by atoms with Gasteiger partial charge < -0.3 is 10.4 Å². The molecule has 2 aromatic rings. The lowest BCUT2D eigenvalue weighted by atomic mass is 10.1. The molecular weight excluding hydrogens is 314 g/mol. The highest BCUT2D eigenvalue weighted by Crippen LogP contribution is 2.13. The summed E-state index contributed by atoms with van der Waals surface area (Å²) in [6.07, 6.45) is 0.405. The number of carboxylic acids is 1. The summed E-state index contributed by atoms with van der Waals surface area (Å²) in [7, 11) is 0. The Bertz CT molecular complexity index is 617. The van der Waals surface area contributed by atoms with E-state index in [9.17, 15) is 9.90 Å². The van der Waals surface area contributed by atoms with Gasteiger partial charge in [-0.15, -0.1) is 0 Å². The maximum absolute atomic E-state index is 11.4. The minimum atomic E-state index is -0.897. The van der Waals surface area contributed by atoms with Crippen molar-refractivity contribution in [1.29, 1.82) is 0 Å². The van der Waals surface area contributed by atoms with Gasteiger partial charge in [-0.2, -0.15) is 0 Å². The zero-order valence-corrected chi connectivity index (χ0v) is 13.6. The Kier molecular flexibility index (Phi) is 6.43. The first-order valence-electron chi connectivity index (χ1n) is 6.89. The molecule has 2 N–H and O–H groups in total. The summed E-state index contributed by atoms with van der Waals surface area (Å²) in [5.74, 6) is -0.170. The van der Waals surface area contributed by atoms with E-state index in [1.54, 1.807) is 0 Å². The number of carbonyl (C=O) groups is 1. The molecule has 0 aromatic heterocycles. The van der Waals surface area contributed by atoms with Gasteiger partial charge in [-0.25, -0.2) is 4.79 Å². The van der Waals surface area contributed by atoms with Crippen LogP contribution in [0.5, 0.6) is 0 Å². The second-order valence-corrected chi connectivity index (χ2v) is 6.44. The Morgan fingerprint density at radius 1 is 1.05 bits per heavy atom. The Hall–Kier alpha value is -1.85. The lowest BCUT2D eigenvalue weighted by Gasteiger charge is -2.16. The lowest BCUT2D eigenvalue weighted by molar-refractivity contribution is -0.138. The fraction of sp³-hybridized carbons (Fsp3) is 0.176. The number of hydrogen-bond acceptors (Lipinski definition) is 3. The van der Waals surface area contributed by atoms with E-state index in [0.29, 0.717) is 10.7 Å². The third kappa shape index (κ3) is 5.50. The van der Waals surface area contributed by atoms with Gasteiger partial charge in [-0.05, 0) is 11.1 Å². The first-order chi connectivity index (χ1) is 10.6. The predicted molar refractivity (Wildman–Crippen MR) is 95.0 cm³/mol. The van der Waals surface area contributed by atoms with Crippen LogP contribution >= 0.6 is 24.0 Å². The fourth-order valence-electron chi connectivity index (χ4n) is 1.96. The minimum absolute atomic E-state index is 0.405. The van der Waals surface area contributed by atoms with Gasteiger partial charge in [0.15, 0.2) is 0 Å². The number of rotatable bonds is 6. The summed E-state index contributed by atoms with van der Waals surface area (Å²) in [6, 6.07) is 18.8. The van der Waals surface area contributed by atoms with Crippen molar-refractivity contribution >= 4 is 34.3 Å². The van der Waals surface area contributed by atoms with Crippen LogP contribution in [0.3, 0.4) is 0 Å². The Morgan fingerprint density at radius 3 is 2.14 bits per heavy atom. The molecule has 2 aromatic carbocycles. The van der Waals surface area contributed by atoms with Crippen molar-refractivity contribution in [2.45, 2.75) is 18.2 Å². The summed E-state index contributed by atoms with van der Waals surface area (Å²) in [4.78, 5) is 11.4. The zero-order valence-electron chi connectivity index (χ0n) is 11.9. The highest BCUT2D eigenvalue weighted by molar-refractivity contribution is 8.22. The summed E-state index contributed by atoms with van der Waals surface area (Å²) in [5.41, 5.74) is 2.13. The fourth-order valence-corrected chi connectivity index (χ4v) is 2.99. The van der Waals surface area contributed by atoms with E-state index in [-0.39, 0.29) is 0 Å². The smallest absolute Gasteiger partial charge is 0.326 e. The molecule has 0 bridgehead atoms. The Labute approximate surface area is 139 Å². The molecule has 2 rings (SSSR count). The molecule has 0 amide bonds. The van der Waals surface area contributed by atoms with E-state index in [0.717, 1.165) is 16.9 Å². The van der Waals surface area contributed by atoms with Crippen molar-refractivity contribution in [1.82, 2.24) is 5.32 Å². The maximum Gasteiger partial charge on any atom is 0.326 e. The van der Waals surface area contributed by atoms with Crippen LogP contribution in [0.25, 0.3) is 0 Å². The van der Waals surface area contributed by atoms with E-state index in [4.69, 9.17) is 12.2 Å². The second-order valence-electron chi connectivity index (χ2n) is 4.79. The standard InChI is InChI=1S/C17H17NO2S2/c19-16(20)15(11-13-7-3-1-4-8-13)18-17(21)22-12-14-9-5-2-6-10-14/h1-10,15H,11-12H2,(H,18,21)(H,19,20). The van der Waals surface area contributed by atoms with Crippen molar-refractivity contribution in [2.75, 3.05) is 0 Å². The summed E-state index contributed by atoms with van der Waals surface area (Å²) in [6.45, 7) is 0. The maximum atomic E-state index is 11.4. The average Bonchev–Trinajstić information content (AvgIpc) is 2.54. The first kappa shape index (κ1) is 16.5. The van der Waals surface area contributed by atoms with Crippen molar-refractivity contribution in [3.63, 3.8) is 0 Å². The number of thioether (sulfide) groups is 1. The molecule has 5 heteroatoms. The van der Waals surface area contributed by atoms with Crippen LogP contribution in [0.15, 0.2) is 60.7 Å². The molecule has 3 nitrogen and oxygen atoms in total. The van der Waals surface area contributed by atoms with Crippen LogP contribution in [0, 0.1) is 0 Å². The molecule has 0 fully saturated rings. The highest BCUT2D eigenvalue weighted by atomic mass is 32.2. The van der Waals surface area contributed by atoms with Crippen molar-refractivity contribution in [3.8, 4) is 0 Å². The largest absolute Gasteiger partial charge is 0.480 e. The third-order valence-corrected chi connectivity index (χ3v) is 4.41. The number of aliphatic carboxylic acids is 1. The first-order valence-corrected chi connectivity index (χ1v) is 8.28. The number of hydrogen-bond donors (Lipinski definition) is 2. The quantitative estimate of drug-likeness (QED) is 0.794. The molecule has 0 spiro atoms. The van der Waals surface area contributed by atoms with Crippen LogP contribution in [0.1, 0.15) is 11.1 Å². The number of benzene rings is 2. The van der Waals surface area contributed by atoms with Crippen molar-refractivity contribution < 1.29 is 9.90 Å². The zero-order chi connectivity index (χ0) is 15.8. The van der Waals surface area contributed by atoms with E-state index in [1.165, 1.54) is 11.8 Å². The molecule has 0 radical (unpaired) electrons. The monoisotopic (exact) mass is 331 g/mol. The van der Waals surface area contributed by atoms with Gasteiger partial charge in [0.25, 0.3) is 0 Å². The summed E-state index contributed by atoms with van der Waals surface area (Å²) in [5, 5.41) is 12.3. The molecular formula is C17H17NO2S2. The molecule has 1 atom stereocenters. The van der Waals surface area contributed by atoms with E-state index >= 15 is 0 Å². The molecule has 0 heterocycles. The third-order valence-electron chi connectivity index (χ3n) is 3.09. The van der Waals surface area contributed by atoms with Crippen LogP contribution < -0.4 is 5.32 Å². The summed E-state index contributed by atoms with van der Waals surface area (Å²) < 4.78 is 0.507. The number of nitrogens with one attached hydrogen (secondary N) is 1. The van der Waals surface area contributed by atoms with Gasteiger partial charge >= 0.3 is 5.97 Å². The normalized spacial score (nSPS) is 11.6. The van der Waals surface area contributed by atoms with E-state index in [1.807, 2.05) is 60.7 Å². The predicted octanol–water partition coefficient (Wildman–Crippen LogP) is 3.49. The van der Waals surface area contributed by atoms with Gasteiger partial charge in [0, 0.05) is 12.2 Å². The lowest BCUT2D eigenvalue weighted by Crippen LogP contribution is -2.40. The SMILES string of the molecule is O=C(O)C(Cc1ccccc1)NC(=S)SCc1ccccc1. The molecule has 0 aliphatic heterocycles. The second kappa shape index (κ2) is 8.56. The van der Waals surface area contributed by atoms with Crippen LogP contribution in [0.4, 0.5) is 0 Å². The van der Waals surface area contributed by atoms with Crippen LogP contribution in [0.2, 0.25) is 0 Å². The van der Waals surface area contributed by atoms with Crippen molar-refractivity contribution in [3.05, 3.63) is 71.8 Å². The highest BCUT2D eigenvalue weighted by Gasteiger charge is 2.18. The van der Waals surface area contributed by atoms with Gasteiger partial charge in [-0.3, -0.25) is 0 Å². The van der Waals surface area contributed by atoms with Crippen LogP contribution in [-0.4, -0.2) is 21.4 Å². The molecule has 0 saturated carbocycles. The van der Waals surface area contributed by atoms with Gasteiger partial charge in [0.05, 0.1) is 0 Å². The molecule has 1 unspecified atom stereocenters. The number of thiocarbonyl (C=S) groups is 1. The van der Waals surface area contributed by atoms with Crippen LogP contribution in [-0.2, 0) is 17.0 Å². The van der Waals surface area contributed by atoms with Gasteiger partial charge in [0.2, 0.25) is 0 Å². The Morgan fingerprint density at radius 2 is 1.59 bits per heavy atom. The van der Waals surface area contributed by atoms with E-state index in [2.05, 4.69) is 5.32 Å². The topological polar surface area (TPSA) is 49.3 Å². The van der Waals surface area contributed by atoms with Gasteiger partial charge in [-0.1, -0.05) is 84.6 Å². The molecule has 0 saturated heterocycles. The number of carboxylic acid groups (broad SMARTS) is 1. The molecule has 22 heavy (non-hydrogen) atoms.